The molecule has 0 saturated heterocycles. The van der Waals surface area contributed by atoms with Crippen LogP contribution in [0.2, 0.25) is 0 Å². The Morgan fingerprint density at radius 2 is 1.54 bits per heavy atom. The Morgan fingerprint density at radius 1 is 1.00 bits per heavy atom. The van der Waals surface area contributed by atoms with Crippen molar-refractivity contribution in [2.45, 2.75) is 71.9 Å². The average Bonchev–Trinajstić information content (AvgIpc) is 2.11. The van der Waals surface area contributed by atoms with E-state index in [9.17, 15) is 4.39 Å². The summed E-state index contributed by atoms with van der Waals surface area (Å²) in [6.07, 6.45) is 6.84. The molecular formula is C12H25F. The second kappa shape index (κ2) is 8.52. The maximum atomic E-state index is 13.3. The molecule has 0 N–H and O–H groups in total. The van der Waals surface area contributed by atoms with E-state index in [-0.39, 0.29) is 0 Å². The van der Waals surface area contributed by atoms with Crippen LogP contribution in [-0.4, -0.2) is 6.17 Å². The fourth-order valence-electron chi connectivity index (χ4n) is 1.65. The summed E-state index contributed by atoms with van der Waals surface area (Å²) in [6, 6.07) is 0. The van der Waals surface area contributed by atoms with E-state index in [1.807, 2.05) is 0 Å². The van der Waals surface area contributed by atoms with E-state index in [4.69, 9.17) is 0 Å². The van der Waals surface area contributed by atoms with Gasteiger partial charge in [-0.1, -0.05) is 52.9 Å². The number of hydrogen-bond acceptors (Lipinski definition) is 0. The largest absolute Gasteiger partial charge is 0.247 e. The Bertz CT molecular complexity index is 89.3. The number of halogens is 1. The van der Waals surface area contributed by atoms with Crippen LogP contribution in [0.3, 0.4) is 0 Å². The Kier molecular flexibility index (Phi) is 8.48. The van der Waals surface area contributed by atoms with Gasteiger partial charge in [0.1, 0.15) is 6.17 Å². The lowest BCUT2D eigenvalue weighted by molar-refractivity contribution is 0.248. The lowest BCUT2D eigenvalue weighted by atomic mass is 9.96. The van der Waals surface area contributed by atoms with Crippen molar-refractivity contribution >= 4 is 0 Å². The molecule has 0 aromatic heterocycles. The van der Waals surface area contributed by atoms with Gasteiger partial charge in [-0.25, -0.2) is 4.39 Å². The molecule has 0 radical (unpaired) electrons. The highest BCUT2D eigenvalue weighted by molar-refractivity contribution is 4.62. The van der Waals surface area contributed by atoms with E-state index in [1.165, 1.54) is 19.3 Å². The van der Waals surface area contributed by atoms with Crippen molar-refractivity contribution in [1.29, 1.82) is 0 Å². The smallest absolute Gasteiger partial charge is 0.100 e. The first-order valence-corrected chi connectivity index (χ1v) is 5.84. The zero-order chi connectivity index (χ0) is 10.1. The van der Waals surface area contributed by atoms with Crippen LogP contribution in [0, 0.1) is 5.92 Å². The fourth-order valence-corrected chi connectivity index (χ4v) is 1.65. The van der Waals surface area contributed by atoms with Gasteiger partial charge in [-0.3, -0.25) is 0 Å². The molecule has 0 saturated carbocycles. The first-order chi connectivity index (χ1) is 6.20. The van der Waals surface area contributed by atoms with Crippen molar-refractivity contribution in [3.05, 3.63) is 0 Å². The first-order valence-electron chi connectivity index (χ1n) is 5.84. The molecule has 0 amide bonds. The number of unbranched alkanes of at least 4 members (excludes halogenated alkanes) is 2. The lowest BCUT2D eigenvalue weighted by Crippen LogP contribution is -2.06. The normalized spacial score (nSPS) is 15.7. The Hall–Kier alpha value is -0.0700. The summed E-state index contributed by atoms with van der Waals surface area (Å²) in [5, 5.41) is 0. The minimum atomic E-state index is -0.549. The minimum Gasteiger partial charge on any atom is -0.247 e. The molecule has 0 nitrogen and oxygen atoms in total. The maximum absolute atomic E-state index is 13.3. The van der Waals surface area contributed by atoms with Crippen LogP contribution in [-0.2, 0) is 0 Å². The predicted molar refractivity (Wildman–Crippen MR) is 57.7 cm³/mol. The molecule has 0 aromatic carbocycles. The Balaban J connectivity index is 3.35. The molecule has 0 bridgehead atoms. The van der Waals surface area contributed by atoms with Gasteiger partial charge in [0.15, 0.2) is 0 Å². The summed E-state index contributed by atoms with van der Waals surface area (Å²) in [7, 11) is 0. The van der Waals surface area contributed by atoms with Crippen LogP contribution in [0.1, 0.15) is 65.7 Å². The summed E-state index contributed by atoms with van der Waals surface area (Å²) in [4.78, 5) is 0. The SMILES string of the molecule is CCCCC(C)CC(F)CCCC. The molecule has 0 spiro atoms. The lowest BCUT2D eigenvalue weighted by Gasteiger charge is -2.13. The van der Waals surface area contributed by atoms with Crippen molar-refractivity contribution in [3.63, 3.8) is 0 Å². The predicted octanol–water partition coefficient (Wildman–Crippen LogP) is 4.73. The summed E-state index contributed by atoms with van der Waals surface area (Å²) < 4.78 is 13.3. The van der Waals surface area contributed by atoms with Gasteiger partial charge in [0, 0.05) is 0 Å². The third-order valence-electron chi connectivity index (χ3n) is 2.58. The second-order valence-electron chi connectivity index (χ2n) is 4.22. The van der Waals surface area contributed by atoms with E-state index >= 15 is 0 Å². The Morgan fingerprint density at radius 3 is 2.08 bits per heavy atom. The minimum absolute atomic E-state index is 0.549. The molecule has 2 atom stereocenters. The van der Waals surface area contributed by atoms with Gasteiger partial charge in [0.2, 0.25) is 0 Å². The highest BCUT2D eigenvalue weighted by Gasteiger charge is 2.10. The van der Waals surface area contributed by atoms with Crippen LogP contribution in [0.4, 0.5) is 4.39 Å². The van der Waals surface area contributed by atoms with Gasteiger partial charge in [-0.2, -0.15) is 0 Å². The highest BCUT2D eigenvalue weighted by atomic mass is 19.1. The summed E-state index contributed by atoms with van der Waals surface area (Å²) in [5.41, 5.74) is 0. The van der Waals surface area contributed by atoms with E-state index < -0.39 is 6.17 Å². The van der Waals surface area contributed by atoms with Crippen LogP contribution < -0.4 is 0 Å². The molecule has 2 unspecified atom stereocenters. The molecular weight excluding hydrogens is 163 g/mol. The average molecular weight is 188 g/mol. The van der Waals surface area contributed by atoms with Gasteiger partial charge in [-0.05, 0) is 18.8 Å². The number of rotatable bonds is 8. The summed E-state index contributed by atoms with van der Waals surface area (Å²) in [6.45, 7) is 6.48. The van der Waals surface area contributed by atoms with E-state index in [0.29, 0.717) is 5.92 Å². The molecule has 13 heavy (non-hydrogen) atoms. The van der Waals surface area contributed by atoms with Crippen molar-refractivity contribution in [3.8, 4) is 0 Å². The van der Waals surface area contributed by atoms with Gasteiger partial charge < -0.3 is 0 Å². The number of hydrogen-bond donors (Lipinski definition) is 0. The standard InChI is InChI=1S/C12H25F/c1-4-6-8-11(3)10-12(13)9-7-5-2/h11-12H,4-10H2,1-3H3. The van der Waals surface area contributed by atoms with Gasteiger partial charge in [0.05, 0.1) is 0 Å². The van der Waals surface area contributed by atoms with Gasteiger partial charge >= 0.3 is 0 Å². The topological polar surface area (TPSA) is 0 Å². The Labute approximate surface area is 82.9 Å². The molecule has 0 aliphatic rings. The molecule has 0 aliphatic heterocycles. The van der Waals surface area contributed by atoms with Gasteiger partial charge in [-0.15, -0.1) is 0 Å². The van der Waals surface area contributed by atoms with E-state index in [0.717, 1.165) is 25.7 Å². The molecule has 0 heterocycles. The molecule has 0 aliphatic carbocycles. The van der Waals surface area contributed by atoms with Crippen molar-refractivity contribution in [1.82, 2.24) is 0 Å². The van der Waals surface area contributed by atoms with Crippen LogP contribution in [0.5, 0.6) is 0 Å². The highest BCUT2D eigenvalue weighted by Crippen LogP contribution is 2.19. The van der Waals surface area contributed by atoms with Crippen LogP contribution >= 0.6 is 0 Å². The van der Waals surface area contributed by atoms with E-state index in [1.54, 1.807) is 0 Å². The third kappa shape index (κ3) is 8.27. The summed E-state index contributed by atoms with van der Waals surface area (Å²) in [5.74, 6) is 0.576. The molecule has 0 rings (SSSR count). The molecule has 0 aromatic rings. The van der Waals surface area contributed by atoms with Crippen LogP contribution in [0.15, 0.2) is 0 Å². The van der Waals surface area contributed by atoms with E-state index in [2.05, 4.69) is 20.8 Å². The third-order valence-corrected chi connectivity index (χ3v) is 2.58. The zero-order valence-corrected chi connectivity index (χ0v) is 9.48. The van der Waals surface area contributed by atoms with Crippen LogP contribution in [0.25, 0.3) is 0 Å². The molecule has 80 valence electrons. The number of alkyl halides is 1. The van der Waals surface area contributed by atoms with Gasteiger partial charge in [0.25, 0.3) is 0 Å². The fraction of sp³-hybridized carbons (Fsp3) is 1.00. The zero-order valence-electron chi connectivity index (χ0n) is 9.48. The van der Waals surface area contributed by atoms with Crippen molar-refractivity contribution in [2.24, 2.45) is 5.92 Å². The molecule has 0 fully saturated rings. The van der Waals surface area contributed by atoms with Crippen molar-refractivity contribution < 1.29 is 4.39 Å². The quantitative estimate of drug-likeness (QED) is 0.516. The molecule has 1 heteroatoms. The summed E-state index contributed by atoms with van der Waals surface area (Å²) >= 11 is 0. The first kappa shape index (κ1) is 12.9. The second-order valence-corrected chi connectivity index (χ2v) is 4.22. The van der Waals surface area contributed by atoms with Crippen molar-refractivity contribution in [2.75, 3.05) is 0 Å². The maximum Gasteiger partial charge on any atom is 0.100 e. The monoisotopic (exact) mass is 188 g/mol.